The Kier molecular flexibility index (Phi) is 4.66. The number of likely N-dealkylation sites (tertiary alicyclic amines) is 1. The Labute approximate surface area is 90.0 Å². The Bertz CT molecular complexity index is 306. The van der Waals surface area contributed by atoms with E-state index < -0.39 is 0 Å². The van der Waals surface area contributed by atoms with Crippen molar-refractivity contribution in [3.05, 3.63) is 11.3 Å². The molecular weight excluding hydrogens is 190 g/mol. The summed E-state index contributed by atoms with van der Waals surface area (Å²) < 4.78 is 0. The first kappa shape index (κ1) is 11.6. The topological polar surface area (TPSA) is 71.0 Å². The van der Waals surface area contributed by atoms with E-state index in [0.29, 0.717) is 6.54 Å². The van der Waals surface area contributed by atoms with Gasteiger partial charge < -0.3 is 10.0 Å². The van der Waals surface area contributed by atoms with Gasteiger partial charge in [0.2, 0.25) is 0 Å². The van der Waals surface area contributed by atoms with Crippen molar-refractivity contribution in [2.45, 2.75) is 25.7 Å². The summed E-state index contributed by atoms with van der Waals surface area (Å²) in [6.07, 6.45) is 3.98. The second-order valence-corrected chi connectivity index (χ2v) is 3.57. The van der Waals surface area contributed by atoms with Gasteiger partial charge in [-0.3, -0.25) is 0 Å². The Morgan fingerprint density at radius 1 is 1.27 bits per heavy atom. The van der Waals surface area contributed by atoms with Crippen LogP contribution in [0.25, 0.3) is 0 Å². The molecule has 15 heavy (non-hydrogen) atoms. The zero-order valence-corrected chi connectivity index (χ0v) is 8.74. The van der Waals surface area contributed by atoms with Crippen LogP contribution in [0.3, 0.4) is 0 Å². The summed E-state index contributed by atoms with van der Waals surface area (Å²) in [5.74, 6) is 0. The predicted octanol–water partition coefficient (Wildman–Crippen LogP) is 1.16. The molecule has 1 fully saturated rings. The lowest BCUT2D eigenvalue weighted by Crippen LogP contribution is -2.27. The van der Waals surface area contributed by atoms with E-state index in [2.05, 4.69) is 0 Å². The number of allylic oxidation sites excluding steroid dienone is 2. The van der Waals surface area contributed by atoms with E-state index in [4.69, 9.17) is 15.6 Å². The van der Waals surface area contributed by atoms with Crippen molar-refractivity contribution in [2.24, 2.45) is 0 Å². The minimum absolute atomic E-state index is 0.0631. The number of β-amino-alcohol motifs (C(OH)–C–C–N with tert-alkyl or cyclic N) is 1. The zero-order chi connectivity index (χ0) is 11.1. The fraction of sp³-hybridized carbons (Fsp3) is 0.636. The molecule has 0 aromatic heterocycles. The van der Waals surface area contributed by atoms with E-state index in [-0.39, 0.29) is 12.2 Å². The third kappa shape index (κ3) is 2.97. The number of rotatable bonds is 2. The molecule has 1 aliphatic rings. The highest BCUT2D eigenvalue weighted by atomic mass is 16.3. The summed E-state index contributed by atoms with van der Waals surface area (Å²) >= 11 is 0. The number of nitriles is 2. The van der Waals surface area contributed by atoms with E-state index >= 15 is 0 Å². The van der Waals surface area contributed by atoms with E-state index in [9.17, 15) is 0 Å². The van der Waals surface area contributed by atoms with Crippen LogP contribution in [0.4, 0.5) is 0 Å². The molecule has 1 saturated heterocycles. The maximum Gasteiger partial charge on any atom is 0.148 e. The van der Waals surface area contributed by atoms with Crippen LogP contribution in [0.15, 0.2) is 11.3 Å². The summed E-state index contributed by atoms with van der Waals surface area (Å²) in [7, 11) is 0. The van der Waals surface area contributed by atoms with Crippen LogP contribution in [0.1, 0.15) is 25.7 Å². The summed E-state index contributed by atoms with van der Waals surface area (Å²) in [6.45, 7) is 1.42. The highest BCUT2D eigenvalue weighted by molar-refractivity contribution is 5.39. The van der Waals surface area contributed by atoms with Crippen LogP contribution in [0, 0.1) is 22.7 Å². The van der Waals surface area contributed by atoms with Crippen LogP contribution in [0.5, 0.6) is 0 Å². The second-order valence-electron chi connectivity index (χ2n) is 3.57. The monoisotopic (exact) mass is 205 g/mol. The largest absolute Gasteiger partial charge is 0.395 e. The SMILES string of the molecule is N#CC(C#N)=C1CCCCCN1CCO. The van der Waals surface area contributed by atoms with Crippen LogP contribution in [-0.2, 0) is 0 Å². The standard InChI is InChI=1S/C11H15N3O/c12-8-10(9-13)11-4-2-1-3-5-14(11)6-7-15/h15H,1-7H2. The molecule has 0 bridgehead atoms. The third-order valence-electron chi connectivity index (χ3n) is 2.61. The molecule has 0 saturated carbocycles. The molecule has 0 aromatic rings. The zero-order valence-electron chi connectivity index (χ0n) is 8.74. The molecule has 0 radical (unpaired) electrons. The molecule has 1 aliphatic heterocycles. The predicted molar refractivity (Wildman–Crippen MR) is 55.4 cm³/mol. The molecule has 1 N–H and O–H groups in total. The number of aliphatic hydroxyl groups is 1. The third-order valence-corrected chi connectivity index (χ3v) is 2.61. The van der Waals surface area contributed by atoms with Gasteiger partial charge >= 0.3 is 0 Å². The lowest BCUT2D eigenvalue weighted by molar-refractivity contribution is 0.225. The number of aliphatic hydroxyl groups excluding tert-OH is 1. The van der Waals surface area contributed by atoms with E-state index in [1.165, 1.54) is 0 Å². The van der Waals surface area contributed by atoms with Crippen molar-refractivity contribution in [2.75, 3.05) is 19.7 Å². The van der Waals surface area contributed by atoms with Crippen molar-refractivity contribution in [3.63, 3.8) is 0 Å². The molecule has 0 spiro atoms. The van der Waals surface area contributed by atoms with Gasteiger partial charge in [-0.05, 0) is 19.3 Å². The molecule has 1 rings (SSSR count). The Hall–Kier alpha value is -1.52. The van der Waals surface area contributed by atoms with Crippen molar-refractivity contribution >= 4 is 0 Å². The normalized spacial score (nSPS) is 16.5. The van der Waals surface area contributed by atoms with Gasteiger partial charge in [-0.2, -0.15) is 10.5 Å². The molecule has 0 aromatic carbocycles. The molecule has 4 heteroatoms. The van der Waals surface area contributed by atoms with Gasteiger partial charge in [0, 0.05) is 18.8 Å². The molecule has 0 unspecified atom stereocenters. The van der Waals surface area contributed by atoms with Gasteiger partial charge in [-0.25, -0.2) is 0 Å². The van der Waals surface area contributed by atoms with Gasteiger partial charge in [0.05, 0.1) is 6.61 Å². The average Bonchev–Trinajstić information content (AvgIpc) is 2.47. The van der Waals surface area contributed by atoms with Crippen molar-refractivity contribution in [1.82, 2.24) is 4.90 Å². The van der Waals surface area contributed by atoms with E-state index in [1.807, 2.05) is 17.0 Å². The first-order valence-electron chi connectivity index (χ1n) is 5.22. The Balaban J connectivity index is 2.94. The van der Waals surface area contributed by atoms with Gasteiger partial charge in [0.15, 0.2) is 0 Å². The lowest BCUT2D eigenvalue weighted by atomic mass is 10.1. The van der Waals surface area contributed by atoms with Crippen LogP contribution >= 0.6 is 0 Å². The number of nitrogens with zero attached hydrogens (tertiary/aromatic N) is 3. The molecule has 0 atom stereocenters. The van der Waals surface area contributed by atoms with Crippen LogP contribution in [0.2, 0.25) is 0 Å². The van der Waals surface area contributed by atoms with Crippen molar-refractivity contribution in [1.29, 1.82) is 10.5 Å². The lowest BCUT2D eigenvalue weighted by Gasteiger charge is -2.24. The Morgan fingerprint density at radius 2 is 2.00 bits per heavy atom. The fourth-order valence-corrected chi connectivity index (χ4v) is 1.87. The minimum atomic E-state index is 0.0631. The molecule has 1 heterocycles. The highest BCUT2D eigenvalue weighted by Crippen LogP contribution is 2.22. The number of hydrogen-bond donors (Lipinski definition) is 1. The van der Waals surface area contributed by atoms with Gasteiger partial charge in [-0.15, -0.1) is 0 Å². The molecule has 0 amide bonds. The second kappa shape index (κ2) is 6.06. The van der Waals surface area contributed by atoms with Crippen molar-refractivity contribution in [3.8, 4) is 12.1 Å². The van der Waals surface area contributed by atoms with Gasteiger partial charge in [0.1, 0.15) is 17.7 Å². The van der Waals surface area contributed by atoms with Gasteiger partial charge in [-0.1, -0.05) is 6.42 Å². The summed E-state index contributed by atoms with van der Waals surface area (Å²) in [5.41, 5.74) is 1.01. The molecular formula is C11H15N3O. The van der Waals surface area contributed by atoms with Gasteiger partial charge in [0.25, 0.3) is 0 Å². The summed E-state index contributed by atoms with van der Waals surface area (Å²) in [6, 6.07) is 3.87. The molecule has 80 valence electrons. The summed E-state index contributed by atoms with van der Waals surface area (Å²) in [4.78, 5) is 1.97. The quantitative estimate of drug-likeness (QED) is 0.686. The van der Waals surface area contributed by atoms with E-state index in [0.717, 1.165) is 37.9 Å². The summed E-state index contributed by atoms with van der Waals surface area (Å²) in [5, 5.41) is 26.6. The fourth-order valence-electron chi connectivity index (χ4n) is 1.87. The number of hydrogen-bond acceptors (Lipinski definition) is 4. The minimum Gasteiger partial charge on any atom is -0.395 e. The average molecular weight is 205 g/mol. The highest BCUT2D eigenvalue weighted by Gasteiger charge is 2.17. The molecule has 4 nitrogen and oxygen atoms in total. The van der Waals surface area contributed by atoms with Crippen molar-refractivity contribution < 1.29 is 5.11 Å². The maximum atomic E-state index is 8.93. The van der Waals surface area contributed by atoms with Crippen LogP contribution < -0.4 is 0 Å². The Morgan fingerprint density at radius 3 is 2.60 bits per heavy atom. The maximum absolute atomic E-state index is 8.93. The van der Waals surface area contributed by atoms with E-state index in [1.54, 1.807) is 0 Å². The smallest absolute Gasteiger partial charge is 0.148 e. The van der Waals surface area contributed by atoms with Crippen LogP contribution in [-0.4, -0.2) is 29.7 Å². The first-order valence-corrected chi connectivity index (χ1v) is 5.22. The molecule has 0 aliphatic carbocycles. The first-order chi connectivity index (χ1) is 7.33.